The number of benzene rings is 1. The molecule has 7 nitrogen and oxygen atoms in total. The molecule has 2 aromatic rings. The number of nitrogens with one attached hydrogen (secondary N) is 1. The fourth-order valence-corrected chi connectivity index (χ4v) is 3.18. The number of carbonyl (C=O) groups is 1. The molecule has 0 saturated carbocycles. The van der Waals surface area contributed by atoms with Gasteiger partial charge in [0.05, 0.1) is 6.54 Å². The predicted molar refractivity (Wildman–Crippen MR) is 105 cm³/mol. The van der Waals surface area contributed by atoms with Crippen molar-refractivity contribution in [3.63, 3.8) is 0 Å². The molecule has 1 saturated heterocycles. The molecule has 8 heteroatoms. The van der Waals surface area contributed by atoms with E-state index in [1.54, 1.807) is 6.07 Å². The Balaban J connectivity index is 1.53. The highest BCUT2D eigenvalue weighted by Gasteiger charge is 2.21. The SMILES string of the molecule is Cc1cccc(NC(=O)CN2CCN(c3cc(Cl)nc(N)n3)CC2)c1C. The van der Waals surface area contributed by atoms with Crippen LogP contribution in [0.25, 0.3) is 0 Å². The van der Waals surface area contributed by atoms with Crippen LogP contribution in [0.4, 0.5) is 17.5 Å². The number of carbonyl (C=O) groups excluding carboxylic acids is 1. The molecule has 0 atom stereocenters. The molecule has 3 rings (SSSR count). The van der Waals surface area contributed by atoms with Crippen LogP contribution in [0, 0.1) is 13.8 Å². The fourth-order valence-electron chi connectivity index (χ4n) is 3.00. The van der Waals surface area contributed by atoms with Crippen LogP contribution in [0.3, 0.4) is 0 Å². The van der Waals surface area contributed by atoms with Gasteiger partial charge in [-0.15, -0.1) is 0 Å². The van der Waals surface area contributed by atoms with Gasteiger partial charge in [0.25, 0.3) is 0 Å². The van der Waals surface area contributed by atoms with Gasteiger partial charge in [0, 0.05) is 37.9 Å². The Labute approximate surface area is 158 Å². The summed E-state index contributed by atoms with van der Waals surface area (Å²) >= 11 is 5.95. The number of nitrogens with zero attached hydrogens (tertiary/aromatic N) is 4. The van der Waals surface area contributed by atoms with Crippen molar-refractivity contribution < 1.29 is 4.79 Å². The van der Waals surface area contributed by atoms with Gasteiger partial charge in [-0.2, -0.15) is 4.98 Å². The van der Waals surface area contributed by atoms with Gasteiger partial charge in [-0.1, -0.05) is 23.7 Å². The number of aryl methyl sites for hydroxylation is 1. The van der Waals surface area contributed by atoms with Crippen LogP contribution >= 0.6 is 11.6 Å². The van der Waals surface area contributed by atoms with E-state index in [0.717, 1.165) is 43.2 Å². The molecule has 1 aromatic carbocycles. The molecule has 0 spiro atoms. The van der Waals surface area contributed by atoms with E-state index >= 15 is 0 Å². The van der Waals surface area contributed by atoms with E-state index < -0.39 is 0 Å². The van der Waals surface area contributed by atoms with Crippen LogP contribution in [-0.2, 0) is 4.79 Å². The Morgan fingerprint density at radius 1 is 1.23 bits per heavy atom. The first-order valence-electron chi connectivity index (χ1n) is 8.56. The molecule has 0 unspecified atom stereocenters. The van der Waals surface area contributed by atoms with E-state index in [1.807, 2.05) is 32.0 Å². The van der Waals surface area contributed by atoms with Gasteiger partial charge in [0.15, 0.2) is 0 Å². The Kier molecular flexibility index (Phi) is 5.58. The second-order valence-corrected chi connectivity index (χ2v) is 6.85. The Morgan fingerprint density at radius 3 is 2.65 bits per heavy atom. The highest BCUT2D eigenvalue weighted by Crippen LogP contribution is 2.20. The standard InChI is InChI=1S/C18H23ClN6O/c1-12-4-3-5-14(13(12)2)21-17(26)11-24-6-8-25(9-7-24)16-10-15(19)22-18(20)23-16/h3-5,10H,6-9,11H2,1-2H3,(H,21,26)(H2,20,22,23). The summed E-state index contributed by atoms with van der Waals surface area (Å²) in [5, 5.41) is 3.34. The second-order valence-electron chi connectivity index (χ2n) is 6.47. The summed E-state index contributed by atoms with van der Waals surface area (Å²) in [4.78, 5) is 24.7. The summed E-state index contributed by atoms with van der Waals surface area (Å²) < 4.78 is 0. The minimum atomic E-state index is 0.00137. The summed E-state index contributed by atoms with van der Waals surface area (Å²) in [5.74, 6) is 0.895. The first-order chi connectivity index (χ1) is 12.4. The average Bonchev–Trinajstić information content (AvgIpc) is 2.59. The van der Waals surface area contributed by atoms with Crippen molar-refractivity contribution in [1.82, 2.24) is 14.9 Å². The van der Waals surface area contributed by atoms with Crippen LogP contribution in [0.1, 0.15) is 11.1 Å². The first kappa shape index (κ1) is 18.4. The summed E-state index contributed by atoms with van der Waals surface area (Å²) in [6.07, 6.45) is 0. The minimum Gasteiger partial charge on any atom is -0.368 e. The maximum atomic E-state index is 12.4. The van der Waals surface area contributed by atoms with Crippen LogP contribution < -0.4 is 16.0 Å². The van der Waals surface area contributed by atoms with Crippen LogP contribution in [-0.4, -0.2) is 53.5 Å². The van der Waals surface area contributed by atoms with Crippen molar-refractivity contribution in [2.24, 2.45) is 0 Å². The first-order valence-corrected chi connectivity index (χ1v) is 8.93. The van der Waals surface area contributed by atoms with E-state index in [0.29, 0.717) is 11.7 Å². The third-order valence-electron chi connectivity index (χ3n) is 4.64. The molecule has 1 aliphatic rings. The monoisotopic (exact) mass is 374 g/mol. The lowest BCUT2D eigenvalue weighted by molar-refractivity contribution is -0.117. The normalized spacial score (nSPS) is 15.1. The zero-order valence-corrected chi connectivity index (χ0v) is 15.8. The molecule has 3 N–H and O–H groups in total. The summed E-state index contributed by atoms with van der Waals surface area (Å²) in [7, 11) is 0. The third kappa shape index (κ3) is 4.42. The van der Waals surface area contributed by atoms with Crippen molar-refractivity contribution in [3.05, 3.63) is 40.5 Å². The molecular weight excluding hydrogens is 352 g/mol. The summed E-state index contributed by atoms with van der Waals surface area (Å²) in [6.45, 7) is 7.46. The van der Waals surface area contributed by atoms with Gasteiger partial charge >= 0.3 is 0 Å². The van der Waals surface area contributed by atoms with Crippen molar-refractivity contribution in [3.8, 4) is 0 Å². The molecule has 0 bridgehead atoms. The zero-order valence-electron chi connectivity index (χ0n) is 15.0. The number of nitrogen functional groups attached to an aromatic ring is 1. The number of anilines is 3. The smallest absolute Gasteiger partial charge is 0.238 e. The van der Waals surface area contributed by atoms with Crippen LogP contribution in [0.2, 0.25) is 5.15 Å². The molecule has 26 heavy (non-hydrogen) atoms. The number of nitrogens with two attached hydrogens (primary N) is 1. The van der Waals surface area contributed by atoms with E-state index in [1.165, 1.54) is 5.56 Å². The van der Waals surface area contributed by atoms with E-state index in [-0.39, 0.29) is 11.9 Å². The molecule has 1 amide bonds. The molecule has 0 aliphatic carbocycles. The van der Waals surface area contributed by atoms with Gasteiger partial charge in [0.1, 0.15) is 11.0 Å². The van der Waals surface area contributed by atoms with E-state index in [9.17, 15) is 4.79 Å². The number of piperazine rings is 1. The summed E-state index contributed by atoms with van der Waals surface area (Å²) in [6, 6.07) is 7.63. The van der Waals surface area contributed by atoms with Gasteiger partial charge in [-0.25, -0.2) is 4.98 Å². The number of rotatable bonds is 4. The quantitative estimate of drug-likeness (QED) is 0.797. The molecular formula is C18H23ClN6O. The zero-order chi connectivity index (χ0) is 18.7. The van der Waals surface area contributed by atoms with Gasteiger partial charge in [-0.05, 0) is 31.0 Å². The van der Waals surface area contributed by atoms with Crippen LogP contribution in [0.5, 0.6) is 0 Å². The fraction of sp³-hybridized carbons (Fsp3) is 0.389. The van der Waals surface area contributed by atoms with Gasteiger partial charge in [-0.3, -0.25) is 9.69 Å². The highest BCUT2D eigenvalue weighted by atomic mass is 35.5. The Morgan fingerprint density at radius 2 is 1.96 bits per heavy atom. The maximum absolute atomic E-state index is 12.4. The molecule has 1 aliphatic heterocycles. The van der Waals surface area contributed by atoms with Crippen molar-refractivity contribution in [2.45, 2.75) is 13.8 Å². The number of hydrogen-bond donors (Lipinski definition) is 2. The number of aromatic nitrogens is 2. The molecule has 138 valence electrons. The van der Waals surface area contributed by atoms with Crippen LogP contribution in [0.15, 0.2) is 24.3 Å². The second kappa shape index (κ2) is 7.88. The Bertz CT molecular complexity index is 784. The lowest BCUT2D eigenvalue weighted by Crippen LogP contribution is -2.49. The lowest BCUT2D eigenvalue weighted by Gasteiger charge is -2.35. The molecule has 0 radical (unpaired) electrons. The van der Waals surface area contributed by atoms with Gasteiger partial charge < -0.3 is 16.0 Å². The average molecular weight is 375 g/mol. The van der Waals surface area contributed by atoms with Gasteiger partial charge in [0.2, 0.25) is 11.9 Å². The molecule has 2 heterocycles. The molecule has 1 fully saturated rings. The number of hydrogen-bond acceptors (Lipinski definition) is 6. The number of halogens is 1. The molecule has 1 aromatic heterocycles. The predicted octanol–water partition coefficient (Wildman–Crippen LogP) is 2.09. The lowest BCUT2D eigenvalue weighted by atomic mass is 10.1. The largest absolute Gasteiger partial charge is 0.368 e. The van der Waals surface area contributed by atoms with Crippen molar-refractivity contribution >= 4 is 35.0 Å². The van der Waals surface area contributed by atoms with Crippen molar-refractivity contribution in [1.29, 1.82) is 0 Å². The summed E-state index contributed by atoms with van der Waals surface area (Å²) in [5.41, 5.74) is 8.80. The van der Waals surface area contributed by atoms with Crippen molar-refractivity contribution in [2.75, 3.05) is 48.7 Å². The number of amides is 1. The van der Waals surface area contributed by atoms with E-state index in [2.05, 4.69) is 25.1 Å². The third-order valence-corrected chi connectivity index (χ3v) is 4.83. The maximum Gasteiger partial charge on any atom is 0.238 e. The minimum absolute atomic E-state index is 0.00137. The van der Waals surface area contributed by atoms with E-state index in [4.69, 9.17) is 17.3 Å². The highest BCUT2D eigenvalue weighted by molar-refractivity contribution is 6.29. The topological polar surface area (TPSA) is 87.4 Å². The Hall–Kier alpha value is -2.38.